The van der Waals surface area contributed by atoms with Gasteiger partial charge in [0.2, 0.25) is 0 Å². The van der Waals surface area contributed by atoms with Gasteiger partial charge in [-0.05, 0) is 44.4 Å². The highest BCUT2D eigenvalue weighted by Crippen LogP contribution is 2.17. The van der Waals surface area contributed by atoms with Crippen molar-refractivity contribution < 1.29 is 9.53 Å². The molecule has 2 aliphatic heterocycles. The number of carbonyl (C=O) groups excluding carboxylic acids is 1. The van der Waals surface area contributed by atoms with Crippen molar-refractivity contribution in [1.29, 1.82) is 0 Å². The molecule has 24 heavy (non-hydrogen) atoms. The Morgan fingerprint density at radius 2 is 1.83 bits per heavy atom. The van der Waals surface area contributed by atoms with Crippen LogP contribution >= 0.6 is 0 Å². The van der Waals surface area contributed by atoms with E-state index in [4.69, 9.17) is 10.5 Å². The number of carbonyl (C=O) groups is 1. The van der Waals surface area contributed by atoms with E-state index in [-0.39, 0.29) is 24.2 Å². The van der Waals surface area contributed by atoms with Crippen LogP contribution in [0, 0.1) is 0 Å². The van der Waals surface area contributed by atoms with Crippen molar-refractivity contribution in [2.75, 3.05) is 26.2 Å². The summed E-state index contributed by atoms with van der Waals surface area (Å²) >= 11 is 0. The molecule has 3 atom stereocenters. The summed E-state index contributed by atoms with van der Waals surface area (Å²) in [5, 5.41) is 0. The van der Waals surface area contributed by atoms with Crippen LogP contribution in [-0.2, 0) is 11.3 Å². The average molecular weight is 331 g/mol. The molecule has 3 rings (SSSR count). The minimum absolute atomic E-state index is 0.102. The van der Waals surface area contributed by atoms with Crippen molar-refractivity contribution in [1.82, 2.24) is 9.80 Å². The Kier molecular flexibility index (Phi) is 5.54. The molecule has 0 saturated carbocycles. The number of morpholine rings is 1. The van der Waals surface area contributed by atoms with Crippen molar-refractivity contribution in [2.45, 2.75) is 51.5 Å². The summed E-state index contributed by atoms with van der Waals surface area (Å²) in [5.41, 5.74) is 7.98. The summed E-state index contributed by atoms with van der Waals surface area (Å²) in [6.07, 6.45) is 2.56. The van der Waals surface area contributed by atoms with E-state index in [9.17, 15) is 4.79 Å². The first-order valence-electron chi connectivity index (χ1n) is 9.03. The second kappa shape index (κ2) is 7.64. The molecule has 1 aromatic rings. The molecule has 2 aliphatic rings. The van der Waals surface area contributed by atoms with Crippen LogP contribution in [0.4, 0.5) is 0 Å². The normalized spacial score (nSPS) is 28.8. The Balaban J connectivity index is 1.59. The van der Waals surface area contributed by atoms with Gasteiger partial charge in [-0.15, -0.1) is 0 Å². The topological polar surface area (TPSA) is 58.8 Å². The van der Waals surface area contributed by atoms with Crippen LogP contribution in [0.5, 0.6) is 0 Å². The van der Waals surface area contributed by atoms with Gasteiger partial charge in [0.1, 0.15) is 0 Å². The highest BCUT2D eigenvalue weighted by molar-refractivity contribution is 5.94. The highest BCUT2D eigenvalue weighted by atomic mass is 16.5. The Bertz CT molecular complexity index is 550. The summed E-state index contributed by atoms with van der Waals surface area (Å²) in [6, 6.07) is 8.16. The molecule has 5 heteroatoms. The van der Waals surface area contributed by atoms with Crippen LogP contribution in [0.25, 0.3) is 0 Å². The van der Waals surface area contributed by atoms with Crippen LogP contribution in [0.15, 0.2) is 24.3 Å². The van der Waals surface area contributed by atoms with Gasteiger partial charge in [-0.25, -0.2) is 0 Å². The number of amides is 1. The van der Waals surface area contributed by atoms with Crippen molar-refractivity contribution >= 4 is 5.91 Å². The van der Waals surface area contributed by atoms with E-state index in [1.165, 1.54) is 5.56 Å². The van der Waals surface area contributed by atoms with Crippen molar-refractivity contribution in [2.24, 2.45) is 5.73 Å². The maximum absolute atomic E-state index is 12.6. The number of ether oxygens (including phenoxy) is 1. The lowest BCUT2D eigenvalue weighted by Crippen LogP contribution is -2.45. The van der Waals surface area contributed by atoms with E-state index in [0.717, 1.165) is 44.6 Å². The predicted molar refractivity (Wildman–Crippen MR) is 94.8 cm³/mol. The summed E-state index contributed by atoms with van der Waals surface area (Å²) in [4.78, 5) is 16.9. The first kappa shape index (κ1) is 17.4. The third-order valence-electron chi connectivity index (χ3n) is 4.85. The highest BCUT2D eigenvalue weighted by Gasteiger charge is 2.23. The quantitative estimate of drug-likeness (QED) is 0.918. The van der Waals surface area contributed by atoms with Crippen molar-refractivity contribution in [3.63, 3.8) is 0 Å². The van der Waals surface area contributed by atoms with Gasteiger partial charge >= 0.3 is 0 Å². The largest absolute Gasteiger partial charge is 0.373 e. The molecule has 1 amide bonds. The molecule has 5 nitrogen and oxygen atoms in total. The zero-order valence-corrected chi connectivity index (χ0v) is 14.8. The molecule has 0 radical (unpaired) electrons. The number of hydrogen-bond donors (Lipinski definition) is 1. The van der Waals surface area contributed by atoms with Crippen molar-refractivity contribution in [3.05, 3.63) is 35.4 Å². The van der Waals surface area contributed by atoms with Crippen LogP contribution < -0.4 is 5.73 Å². The lowest BCUT2D eigenvalue weighted by Gasteiger charge is -2.35. The Morgan fingerprint density at radius 3 is 2.46 bits per heavy atom. The number of likely N-dealkylation sites (tertiary alicyclic amines) is 1. The summed E-state index contributed by atoms with van der Waals surface area (Å²) in [6.45, 7) is 8.54. The minimum Gasteiger partial charge on any atom is -0.373 e. The van der Waals surface area contributed by atoms with E-state index in [0.29, 0.717) is 6.54 Å². The van der Waals surface area contributed by atoms with Gasteiger partial charge in [0.15, 0.2) is 0 Å². The Morgan fingerprint density at radius 1 is 1.17 bits per heavy atom. The van der Waals surface area contributed by atoms with Gasteiger partial charge in [0.25, 0.3) is 5.91 Å². The molecule has 0 aliphatic carbocycles. The lowest BCUT2D eigenvalue weighted by atomic mass is 10.0. The van der Waals surface area contributed by atoms with Crippen LogP contribution in [0.2, 0.25) is 0 Å². The van der Waals surface area contributed by atoms with E-state index in [1.807, 2.05) is 17.0 Å². The van der Waals surface area contributed by atoms with E-state index < -0.39 is 0 Å². The van der Waals surface area contributed by atoms with Crippen molar-refractivity contribution in [3.8, 4) is 0 Å². The second-order valence-corrected chi connectivity index (χ2v) is 7.30. The smallest absolute Gasteiger partial charge is 0.253 e. The number of benzene rings is 1. The zero-order chi connectivity index (χ0) is 17.1. The van der Waals surface area contributed by atoms with Crippen LogP contribution in [-0.4, -0.2) is 60.1 Å². The van der Waals surface area contributed by atoms with E-state index >= 15 is 0 Å². The van der Waals surface area contributed by atoms with Crippen LogP contribution in [0.3, 0.4) is 0 Å². The SMILES string of the molecule is C[C@@H]1CN(Cc2ccc(C(=O)N3CCC[C@@H](N)C3)cc2)C[C@@H](C)O1. The molecule has 2 heterocycles. The Labute approximate surface area is 144 Å². The Hall–Kier alpha value is -1.43. The minimum atomic E-state index is 0.102. The molecule has 0 spiro atoms. The van der Waals surface area contributed by atoms with Gasteiger partial charge in [-0.1, -0.05) is 12.1 Å². The molecule has 132 valence electrons. The van der Waals surface area contributed by atoms with E-state index in [1.54, 1.807) is 0 Å². The fourth-order valence-electron chi connectivity index (χ4n) is 3.80. The first-order chi connectivity index (χ1) is 11.5. The van der Waals surface area contributed by atoms with Gasteiger partial charge in [-0.3, -0.25) is 9.69 Å². The number of nitrogens with two attached hydrogens (primary N) is 1. The molecular weight excluding hydrogens is 302 g/mol. The summed E-state index contributed by atoms with van der Waals surface area (Å²) in [5.74, 6) is 0.102. The molecule has 0 bridgehead atoms. The lowest BCUT2D eigenvalue weighted by molar-refractivity contribution is -0.0704. The molecule has 0 aromatic heterocycles. The number of piperidine rings is 1. The monoisotopic (exact) mass is 331 g/mol. The van der Waals surface area contributed by atoms with Gasteiger partial charge in [0, 0.05) is 44.3 Å². The first-order valence-corrected chi connectivity index (χ1v) is 9.03. The van der Waals surface area contributed by atoms with Gasteiger partial charge in [-0.2, -0.15) is 0 Å². The maximum Gasteiger partial charge on any atom is 0.253 e. The molecule has 2 saturated heterocycles. The summed E-state index contributed by atoms with van der Waals surface area (Å²) < 4.78 is 5.78. The molecule has 2 N–H and O–H groups in total. The van der Waals surface area contributed by atoms with Gasteiger partial charge < -0.3 is 15.4 Å². The molecule has 2 fully saturated rings. The van der Waals surface area contributed by atoms with Crippen LogP contribution in [0.1, 0.15) is 42.6 Å². The fourth-order valence-corrected chi connectivity index (χ4v) is 3.80. The van der Waals surface area contributed by atoms with Gasteiger partial charge in [0.05, 0.1) is 12.2 Å². The average Bonchev–Trinajstić information content (AvgIpc) is 2.54. The number of hydrogen-bond acceptors (Lipinski definition) is 4. The summed E-state index contributed by atoms with van der Waals surface area (Å²) in [7, 11) is 0. The zero-order valence-electron chi connectivity index (χ0n) is 14.8. The molecule has 0 unspecified atom stereocenters. The third-order valence-corrected chi connectivity index (χ3v) is 4.85. The standard InChI is InChI=1S/C19H29N3O2/c1-14-10-21(11-15(2)24-14)12-16-5-7-17(8-6-16)19(23)22-9-3-4-18(20)13-22/h5-8,14-15,18H,3-4,9-13,20H2,1-2H3/t14-,15-,18-/m1/s1. The maximum atomic E-state index is 12.6. The molecular formula is C19H29N3O2. The predicted octanol–water partition coefficient (Wildman–Crippen LogP) is 1.86. The number of nitrogens with zero attached hydrogens (tertiary/aromatic N) is 2. The third kappa shape index (κ3) is 4.35. The molecule has 1 aromatic carbocycles. The second-order valence-electron chi connectivity index (χ2n) is 7.30. The fraction of sp³-hybridized carbons (Fsp3) is 0.632. The van der Waals surface area contributed by atoms with E-state index in [2.05, 4.69) is 30.9 Å². The number of rotatable bonds is 3.